The van der Waals surface area contributed by atoms with Gasteiger partial charge in [-0.2, -0.15) is 43.9 Å². The summed E-state index contributed by atoms with van der Waals surface area (Å²) in [6, 6.07) is 25.9. The second-order valence-corrected chi connectivity index (χ2v) is 18.6. The normalized spacial score (nSPS) is 13.4. The molecule has 0 aromatic heterocycles. The Labute approximate surface area is 368 Å². The van der Waals surface area contributed by atoms with E-state index in [1.807, 2.05) is 0 Å². The fraction of sp³-hybridized carbons (Fsp3) is 0. The second kappa shape index (κ2) is 18.7. The molecule has 0 aliphatic carbocycles. The van der Waals surface area contributed by atoms with Crippen LogP contribution in [0.3, 0.4) is 0 Å². The van der Waals surface area contributed by atoms with E-state index in [2.05, 4.69) is 25.6 Å². The first-order valence-electron chi connectivity index (χ1n) is 17.7. The van der Waals surface area contributed by atoms with Gasteiger partial charge in [-0.3, -0.25) is 18.2 Å². The van der Waals surface area contributed by atoms with Gasteiger partial charge in [0.1, 0.15) is 26.9 Å². The molecule has 65 heavy (non-hydrogen) atoms. The van der Waals surface area contributed by atoms with Gasteiger partial charge in [0.2, 0.25) is 17.1 Å². The van der Waals surface area contributed by atoms with Crippen molar-refractivity contribution in [2.45, 2.75) is 19.6 Å². The highest BCUT2D eigenvalue weighted by Crippen LogP contribution is 2.31. The van der Waals surface area contributed by atoms with E-state index in [1.54, 1.807) is 0 Å². The summed E-state index contributed by atoms with van der Waals surface area (Å²) in [5, 5.41) is 57.3. The van der Waals surface area contributed by atoms with Crippen LogP contribution in [0.4, 0.5) is 45.5 Å². The maximum atomic E-state index is 13.0. The summed E-state index contributed by atoms with van der Waals surface area (Å²) in [7, 11) is -18.8. The Morgan fingerprint density at radius 1 is 0.369 bits per heavy atom. The third-order valence-corrected chi connectivity index (χ3v) is 12.1. The highest BCUT2D eigenvalue weighted by atomic mass is 32.2. The quantitative estimate of drug-likeness (QED) is 0.0260. The predicted octanol–water partition coefficient (Wildman–Crippen LogP) is 9.04. The molecule has 6 rings (SSSR count). The molecule has 0 saturated carbocycles. The zero-order valence-corrected chi connectivity index (χ0v) is 35.6. The molecule has 4 N–H and O–H groups in total. The van der Waals surface area contributed by atoms with E-state index in [0.717, 1.165) is 60.7 Å². The lowest BCUT2D eigenvalue weighted by molar-refractivity contribution is -0.436. The summed E-state index contributed by atoms with van der Waals surface area (Å²) < 4.78 is 133. The molecule has 0 bridgehead atoms. The van der Waals surface area contributed by atoms with Crippen LogP contribution in [-0.2, 0) is 40.5 Å². The number of hydrogen-bond acceptors (Lipinski definition) is 16. The zero-order chi connectivity index (χ0) is 47.3. The topological polar surface area (TPSA) is 357 Å². The average Bonchev–Trinajstić information content (AvgIpc) is 3.24. The highest BCUT2D eigenvalue weighted by Gasteiger charge is 2.20. The van der Waals surface area contributed by atoms with E-state index >= 15 is 0 Å². The first kappa shape index (κ1) is 47.0. The van der Waals surface area contributed by atoms with Crippen molar-refractivity contribution in [3.63, 3.8) is 0 Å². The molecule has 0 aliphatic rings. The number of rotatable bonds is 14. The van der Waals surface area contributed by atoms with E-state index in [1.165, 1.54) is 84.9 Å². The molecule has 334 valence electrons. The number of nitrogens with zero attached hydrogens (tertiary/aromatic N) is 8. The number of hydrogen-bond donors (Lipinski definition) is 4. The SMILES string of the molecule is O=S(=O)(O)c1ccc(N=[N+]([O-])c2ccc(N=Nc3ccc(C=Cc4ccc([N+]([O-])=Nc5ccc([N+]([O-])=Nc6ccc(S(=O)(=O)O)cc6)cc5)cc4S(=O)(=O)O)c(S(=O)(=O)O)c3)cc2)cc1. The molecule has 0 heterocycles. The van der Waals surface area contributed by atoms with Crippen molar-refractivity contribution in [2.75, 3.05) is 0 Å². The molecular weight excluding hydrogens is 937 g/mol. The lowest BCUT2D eigenvalue weighted by atomic mass is 10.1. The van der Waals surface area contributed by atoms with Gasteiger partial charge in [0.25, 0.3) is 40.5 Å². The second-order valence-electron chi connectivity index (χ2n) is 13.0. The van der Waals surface area contributed by atoms with Crippen LogP contribution in [0.25, 0.3) is 12.2 Å². The minimum atomic E-state index is -5.02. The minimum Gasteiger partial charge on any atom is -0.594 e. The van der Waals surface area contributed by atoms with Crippen LogP contribution >= 0.6 is 0 Å². The Hall–Kier alpha value is -7.50. The Morgan fingerprint density at radius 2 is 0.677 bits per heavy atom. The Morgan fingerprint density at radius 3 is 1.08 bits per heavy atom. The summed E-state index contributed by atoms with van der Waals surface area (Å²) in [6.45, 7) is 0. The lowest BCUT2D eigenvalue weighted by Gasteiger charge is -2.07. The Balaban J connectivity index is 1.17. The summed E-state index contributed by atoms with van der Waals surface area (Å²) in [6.07, 6.45) is 2.20. The van der Waals surface area contributed by atoms with Crippen LogP contribution in [0.2, 0.25) is 0 Å². The van der Waals surface area contributed by atoms with Gasteiger partial charge in [-0.1, -0.05) is 32.8 Å². The average molecular weight is 965 g/mol. The Kier molecular flexibility index (Phi) is 13.5. The highest BCUT2D eigenvalue weighted by molar-refractivity contribution is 7.86. The maximum absolute atomic E-state index is 13.0. The van der Waals surface area contributed by atoms with Crippen molar-refractivity contribution in [2.24, 2.45) is 25.6 Å². The van der Waals surface area contributed by atoms with Crippen LogP contribution in [0.15, 0.2) is 179 Å². The van der Waals surface area contributed by atoms with Crippen molar-refractivity contribution in [1.82, 2.24) is 0 Å². The first-order chi connectivity index (χ1) is 30.4. The van der Waals surface area contributed by atoms with Crippen LogP contribution in [0.1, 0.15) is 11.1 Å². The van der Waals surface area contributed by atoms with Crippen LogP contribution in [-0.4, -0.2) is 66.5 Å². The van der Waals surface area contributed by atoms with Gasteiger partial charge >= 0.3 is 0 Å². The standard InChI is InChI=1S/C38H28N8O15S4/c47-44(41-29-10-19-35(20-11-29)62(50,51)52)32-15-6-27(7-16-32)39-40-31-5-3-25(37(23-31)64(56,57)58)1-2-26-4-14-34(24-38(26)65(59,60)61)46(49)43-28-8-17-33(18-9-28)45(48)42-30-12-21-36(22-13-30)63(53,54)55/h1-24H,(H,50,51,52)(H,53,54,55)(H,56,57,58)(H,59,60,61). The Bertz CT molecular complexity index is 3420. The fourth-order valence-corrected chi connectivity index (χ4v) is 7.76. The van der Waals surface area contributed by atoms with Crippen LogP contribution in [0.5, 0.6) is 0 Å². The van der Waals surface area contributed by atoms with E-state index in [-0.39, 0.29) is 76.1 Å². The number of azo groups is 4. The summed E-state index contributed by atoms with van der Waals surface area (Å²) in [5.74, 6) is 0. The molecule has 0 saturated heterocycles. The van der Waals surface area contributed by atoms with Crippen molar-refractivity contribution >= 4 is 98.1 Å². The molecule has 23 nitrogen and oxygen atoms in total. The lowest BCUT2D eigenvalue weighted by Crippen LogP contribution is -2.03. The monoisotopic (exact) mass is 964 g/mol. The van der Waals surface area contributed by atoms with Crippen molar-refractivity contribution in [3.8, 4) is 0 Å². The molecule has 0 radical (unpaired) electrons. The van der Waals surface area contributed by atoms with Crippen molar-refractivity contribution in [3.05, 3.63) is 160 Å². The maximum Gasteiger partial charge on any atom is 0.295 e. The van der Waals surface area contributed by atoms with Crippen molar-refractivity contribution in [1.29, 1.82) is 0 Å². The zero-order valence-electron chi connectivity index (χ0n) is 32.3. The molecular formula is C38H28N8O15S4. The van der Waals surface area contributed by atoms with Gasteiger partial charge in [-0.05, 0) is 102 Å². The molecule has 6 aromatic carbocycles. The molecule has 6 aromatic rings. The fourth-order valence-electron chi connectivity index (χ4n) is 5.40. The van der Waals surface area contributed by atoms with Gasteiger partial charge < -0.3 is 15.6 Å². The van der Waals surface area contributed by atoms with E-state index < -0.39 is 55.2 Å². The third kappa shape index (κ3) is 12.4. The predicted molar refractivity (Wildman–Crippen MR) is 227 cm³/mol. The molecule has 0 fully saturated rings. The van der Waals surface area contributed by atoms with E-state index in [4.69, 9.17) is 9.11 Å². The molecule has 0 atom stereocenters. The number of benzene rings is 6. The van der Waals surface area contributed by atoms with Gasteiger partial charge in [-0.25, -0.2) is 0 Å². The van der Waals surface area contributed by atoms with E-state index in [9.17, 15) is 58.4 Å². The molecule has 0 unspecified atom stereocenters. The molecule has 0 aliphatic heterocycles. The minimum absolute atomic E-state index is 0.00309. The van der Waals surface area contributed by atoms with Gasteiger partial charge in [0.05, 0.1) is 21.2 Å². The van der Waals surface area contributed by atoms with Gasteiger partial charge in [-0.15, -0.1) is 0 Å². The van der Waals surface area contributed by atoms with Gasteiger partial charge in [0.15, 0.2) is 0 Å². The van der Waals surface area contributed by atoms with Crippen LogP contribution < -0.4 is 0 Å². The summed E-state index contributed by atoms with van der Waals surface area (Å²) in [5.41, 5.74) is -0.450. The molecule has 0 amide bonds. The summed E-state index contributed by atoms with van der Waals surface area (Å²) >= 11 is 0. The van der Waals surface area contributed by atoms with Gasteiger partial charge in [0, 0.05) is 51.7 Å². The summed E-state index contributed by atoms with van der Waals surface area (Å²) in [4.78, 5) is -1.77. The molecule has 27 heteroatoms. The first-order valence-corrected chi connectivity index (χ1v) is 23.4. The largest absolute Gasteiger partial charge is 0.594 e. The third-order valence-electron chi connectivity index (χ3n) is 8.52. The van der Waals surface area contributed by atoms with E-state index in [0.29, 0.717) is 0 Å². The smallest absolute Gasteiger partial charge is 0.295 e. The van der Waals surface area contributed by atoms with Crippen molar-refractivity contribution < 1.29 is 66.5 Å². The molecule has 0 spiro atoms. The van der Waals surface area contributed by atoms with Crippen LogP contribution in [0, 0.1) is 15.6 Å².